The lowest BCUT2D eigenvalue weighted by atomic mass is 10.3. The number of ether oxygens (including phenoxy) is 1. The summed E-state index contributed by atoms with van der Waals surface area (Å²) in [5.41, 5.74) is 0.881. The summed E-state index contributed by atoms with van der Waals surface area (Å²) >= 11 is 6.04. The van der Waals surface area contributed by atoms with E-state index in [4.69, 9.17) is 16.3 Å². The van der Waals surface area contributed by atoms with Gasteiger partial charge in [-0.2, -0.15) is 4.98 Å². The van der Waals surface area contributed by atoms with Crippen molar-refractivity contribution >= 4 is 29.1 Å². The lowest BCUT2D eigenvalue weighted by molar-refractivity contribution is 0.340. The number of anilines is 3. The molecule has 5 nitrogen and oxygen atoms in total. The van der Waals surface area contributed by atoms with Gasteiger partial charge < -0.3 is 15.4 Å². The molecule has 0 bridgehead atoms. The molecule has 1 aromatic heterocycles. The smallest absolute Gasteiger partial charge is 0.224 e. The van der Waals surface area contributed by atoms with Crippen LogP contribution in [0.5, 0.6) is 5.75 Å². The standard InChI is InChI=1S/C13H15ClN4O/c1-3-19-10-6-4-9(5-7-10)17-12-11(14)8-16-13(15-2)18-12/h4-8H,3H2,1-2H3,(H2,15,16,17,18). The van der Waals surface area contributed by atoms with Crippen molar-refractivity contribution in [2.45, 2.75) is 6.92 Å². The highest BCUT2D eigenvalue weighted by Gasteiger charge is 2.05. The van der Waals surface area contributed by atoms with E-state index in [1.54, 1.807) is 13.2 Å². The fourth-order valence-electron chi connectivity index (χ4n) is 1.51. The summed E-state index contributed by atoms with van der Waals surface area (Å²) in [7, 11) is 1.75. The van der Waals surface area contributed by atoms with E-state index in [-0.39, 0.29) is 0 Å². The Labute approximate surface area is 117 Å². The van der Waals surface area contributed by atoms with Gasteiger partial charge in [0.15, 0.2) is 5.82 Å². The van der Waals surface area contributed by atoms with Gasteiger partial charge in [0.2, 0.25) is 5.95 Å². The fraction of sp³-hybridized carbons (Fsp3) is 0.231. The van der Waals surface area contributed by atoms with Crippen molar-refractivity contribution in [3.63, 3.8) is 0 Å². The first-order valence-corrected chi connectivity index (χ1v) is 6.31. The summed E-state index contributed by atoms with van der Waals surface area (Å²) in [5, 5.41) is 6.47. The van der Waals surface area contributed by atoms with Crippen molar-refractivity contribution in [3.05, 3.63) is 35.5 Å². The Morgan fingerprint density at radius 3 is 2.63 bits per heavy atom. The number of halogens is 1. The molecule has 2 N–H and O–H groups in total. The van der Waals surface area contributed by atoms with Crippen molar-refractivity contribution in [2.24, 2.45) is 0 Å². The van der Waals surface area contributed by atoms with Gasteiger partial charge in [-0.05, 0) is 31.2 Å². The van der Waals surface area contributed by atoms with Crippen LogP contribution < -0.4 is 15.4 Å². The van der Waals surface area contributed by atoms with Crippen LogP contribution in [-0.4, -0.2) is 23.6 Å². The number of aromatic nitrogens is 2. The molecule has 2 rings (SSSR count). The van der Waals surface area contributed by atoms with Crippen LogP contribution in [0.2, 0.25) is 5.02 Å². The van der Waals surface area contributed by atoms with Gasteiger partial charge in [-0.15, -0.1) is 0 Å². The third kappa shape index (κ3) is 3.48. The maximum atomic E-state index is 6.04. The highest BCUT2D eigenvalue weighted by atomic mass is 35.5. The third-order valence-electron chi connectivity index (χ3n) is 2.40. The first kappa shape index (κ1) is 13.4. The topological polar surface area (TPSA) is 59.1 Å². The summed E-state index contributed by atoms with van der Waals surface area (Å²) < 4.78 is 5.38. The number of benzene rings is 1. The molecular formula is C13H15ClN4O. The van der Waals surface area contributed by atoms with Gasteiger partial charge >= 0.3 is 0 Å². The highest BCUT2D eigenvalue weighted by Crippen LogP contribution is 2.24. The summed E-state index contributed by atoms with van der Waals surface area (Å²) in [5.74, 6) is 1.90. The Hall–Kier alpha value is -2.01. The van der Waals surface area contributed by atoms with Crippen LogP contribution in [0.25, 0.3) is 0 Å². The Morgan fingerprint density at radius 2 is 2.00 bits per heavy atom. The van der Waals surface area contributed by atoms with Gasteiger partial charge in [0, 0.05) is 12.7 Å². The number of rotatable bonds is 5. The molecule has 1 aromatic carbocycles. The molecule has 0 amide bonds. The molecule has 1 heterocycles. The summed E-state index contributed by atoms with van der Waals surface area (Å²) in [6, 6.07) is 7.59. The number of nitrogens with zero attached hydrogens (tertiary/aromatic N) is 2. The van der Waals surface area contributed by atoms with Crippen LogP contribution in [-0.2, 0) is 0 Å². The third-order valence-corrected chi connectivity index (χ3v) is 2.67. The van der Waals surface area contributed by atoms with E-state index in [9.17, 15) is 0 Å². The Balaban J connectivity index is 2.16. The monoisotopic (exact) mass is 278 g/mol. The van der Waals surface area contributed by atoms with E-state index in [2.05, 4.69) is 20.6 Å². The molecular weight excluding hydrogens is 264 g/mol. The quantitative estimate of drug-likeness (QED) is 0.879. The molecule has 2 aromatic rings. The van der Waals surface area contributed by atoms with Gasteiger partial charge in [0.25, 0.3) is 0 Å². The van der Waals surface area contributed by atoms with E-state index in [0.717, 1.165) is 11.4 Å². The fourth-order valence-corrected chi connectivity index (χ4v) is 1.65. The molecule has 0 radical (unpaired) electrons. The van der Waals surface area contributed by atoms with Crippen molar-refractivity contribution in [1.29, 1.82) is 0 Å². The van der Waals surface area contributed by atoms with E-state index < -0.39 is 0 Å². The average Bonchev–Trinajstić information content (AvgIpc) is 2.44. The molecule has 6 heteroatoms. The minimum absolute atomic E-state index is 0.466. The molecule has 0 atom stereocenters. The van der Waals surface area contributed by atoms with Crippen molar-refractivity contribution < 1.29 is 4.74 Å². The summed E-state index contributed by atoms with van der Waals surface area (Å²) in [4.78, 5) is 8.27. The zero-order valence-electron chi connectivity index (χ0n) is 10.8. The SMILES string of the molecule is CCOc1ccc(Nc2nc(NC)ncc2Cl)cc1. The van der Waals surface area contributed by atoms with Crippen LogP contribution in [0.1, 0.15) is 6.92 Å². The first-order valence-electron chi connectivity index (χ1n) is 5.93. The molecule has 0 aliphatic carbocycles. The second-order valence-corrected chi connectivity index (χ2v) is 4.13. The molecule has 19 heavy (non-hydrogen) atoms. The van der Waals surface area contributed by atoms with Gasteiger partial charge in [-0.25, -0.2) is 4.98 Å². The molecule has 100 valence electrons. The number of hydrogen-bond donors (Lipinski definition) is 2. The zero-order valence-corrected chi connectivity index (χ0v) is 11.5. The van der Waals surface area contributed by atoms with Crippen LogP contribution in [0, 0.1) is 0 Å². The molecule has 0 aliphatic heterocycles. The Morgan fingerprint density at radius 1 is 1.26 bits per heavy atom. The molecule has 0 spiro atoms. The van der Waals surface area contributed by atoms with E-state index in [0.29, 0.717) is 23.4 Å². The second-order valence-electron chi connectivity index (χ2n) is 3.72. The average molecular weight is 279 g/mol. The van der Waals surface area contributed by atoms with Crippen LogP contribution >= 0.6 is 11.6 Å². The largest absolute Gasteiger partial charge is 0.494 e. The first-order chi connectivity index (χ1) is 9.22. The summed E-state index contributed by atoms with van der Waals surface area (Å²) in [6.07, 6.45) is 1.55. The molecule has 0 fully saturated rings. The van der Waals surface area contributed by atoms with Crippen molar-refractivity contribution in [1.82, 2.24) is 9.97 Å². The minimum Gasteiger partial charge on any atom is -0.494 e. The van der Waals surface area contributed by atoms with Crippen molar-refractivity contribution in [3.8, 4) is 5.75 Å². The van der Waals surface area contributed by atoms with Gasteiger partial charge in [0.1, 0.15) is 10.8 Å². The minimum atomic E-state index is 0.466. The summed E-state index contributed by atoms with van der Waals surface area (Å²) in [6.45, 7) is 2.60. The molecule has 0 unspecified atom stereocenters. The maximum absolute atomic E-state index is 6.04. The van der Waals surface area contributed by atoms with Gasteiger partial charge in [-0.1, -0.05) is 11.6 Å². The van der Waals surface area contributed by atoms with Crippen molar-refractivity contribution in [2.75, 3.05) is 24.3 Å². The van der Waals surface area contributed by atoms with Crippen LogP contribution in [0.3, 0.4) is 0 Å². The van der Waals surface area contributed by atoms with Gasteiger partial charge in [0.05, 0.1) is 12.8 Å². The molecule has 0 aliphatic rings. The number of nitrogens with one attached hydrogen (secondary N) is 2. The number of hydrogen-bond acceptors (Lipinski definition) is 5. The van der Waals surface area contributed by atoms with E-state index in [1.165, 1.54) is 0 Å². The normalized spacial score (nSPS) is 10.1. The van der Waals surface area contributed by atoms with E-state index >= 15 is 0 Å². The highest BCUT2D eigenvalue weighted by molar-refractivity contribution is 6.32. The molecule has 0 saturated heterocycles. The zero-order chi connectivity index (χ0) is 13.7. The Kier molecular flexibility index (Phi) is 4.41. The predicted molar refractivity (Wildman–Crippen MR) is 77.5 cm³/mol. The van der Waals surface area contributed by atoms with Crippen LogP contribution in [0.4, 0.5) is 17.5 Å². The Bertz CT molecular complexity index is 545. The molecule has 0 saturated carbocycles. The van der Waals surface area contributed by atoms with E-state index in [1.807, 2.05) is 31.2 Å². The lowest BCUT2D eigenvalue weighted by Crippen LogP contribution is -2.01. The predicted octanol–water partition coefficient (Wildman–Crippen LogP) is 3.31. The van der Waals surface area contributed by atoms with Gasteiger partial charge in [-0.3, -0.25) is 0 Å². The van der Waals surface area contributed by atoms with Crippen LogP contribution in [0.15, 0.2) is 30.5 Å². The maximum Gasteiger partial charge on any atom is 0.224 e. The lowest BCUT2D eigenvalue weighted by Gasteiger charge is -2.09. The second kappa shape index (κ2) is 6.24.